The molecule has 0 spiro atoms. The first-order valence-corrected chi connectivity index (χ1v) is 8.46. The highest BCUT2D eigenvalue weighted by Crippen LogP contribution is 2.09. The summed E-state index contributed by atoms with van der Waals surface area (Å²) in [5, 5.41) is 12.1. The predicted octanol–water partition coefficient (Wildman–Crippen LogP) is 1.35. The molecule has 0 heterocycles. The van der Waals surface area contributed by atoms with E-state index < -0.39 is 17.0 Å². The summed E-state index contributed by atoms with van der Waals surface area (Å²) < 4.78 is 14.4. The zero-order valence-electron chi connectivity index (χ0n) is 12.8. The molecule has 21 heavy (non-hydrogen) atoms. The molecule has 0 radical (unpaired) electrons. The summed E-state index contributed by atoms with van der Waals surface area (Å²) in [6.45, 7) is 6.16. The lowest BCUT2D eigenvalue weighted by atomic mass is 10.0. The first-order chi connectivity index (χ1) is 9.93. The number of hydrogen-bond donors (Lipinski definition) is 3. The van der Waals surface area contributed by atoms with Crippen LogP contribution in [0.15, 0.2) is 24.3 Å². The van der Waals surface area contributed by atoms with Gasteiger partial charge in [0.1, 0.15) is 11.8 Å². The maximum Gasteiger partial charge on any atom is 0.238 e. The Hall–Kier alpha value is -1.40. The van der Waals surface area contributed by atoms with Crippen molar-refractivity contribution in [2.45, 2.75) is 33.2 Å². The van der Waals surface area contributed by atoms with E-state index in [0.717, 1.165) is 5.56 Å². The molecule has 0 bridgehead atoms. The van der Waals surface area contributed by atoms with Crippen LogP contribution in [0, 0.1) is 5.92 Å². The van der Waals surface area contributed by atoms with Gasteiger partial charge in [0, 0.05) is 12.3 Å². The number of amides is 1. The molecule has 118 valence electrons. The van der Waals surface area contributed by atoms with Crippen molar-refractivity contribution in [1.82, 2.24) is 10.0 Å². The molecule has 3 N–H and O–H groups in total. The van der Waals surface area contributed by atoms with Crippen molar-refractivity contribution in [3.8, 4) is 5.75 Å². The molecular formula is C15H24N2O3S. The van der Waals surface area contributed by atoms with E-state index in [0.29, 0.717) is 18.7 Å². The first kappa shape index (κ1) is 17.7. The fourth-order valence-corrected chi connectivity index (χ4v) is 2.65. The standard InChI is InChI=1S/C15H24N2O3S/c1-4-21(20)17-14(11(2)3)15(19)16-10-9-12-5-7-13(18)8-6-12/h5-8,11,14,17-18H,4,9-10H2,1-3H3,(H,16,19)/t14-,21?/m0/s1. The van der Waals surface area contributed by atoms with Crippen molar-refractivity contribution >= 4 is 16.9 Å². The molecule has 0 saturated carbocycles. The lowest BCUT2D eigenvalue weighted by Gasteiger charge is -2.20. The number of carbonyl (C=O) groups excluding carboxylic acids is 1. The third-order valence-corrected chi connectivity index (χ3v) is 4.16. The van der Waals surface area contributed by atoms with Crippen molar-refractivity contribution in [2.24, 2.45) is 5.92 Å². The predicted molar refractivity (Wildman–Crippen MR) is 85.3 cm³/mol. The van der Waals surface area contributed by atoms with Crippen molar-refractivity contribution in [2.75, 3.05) is 12.3 Å². The van der Waals surface area contributed by atoms with E-state index in [-0.39, 0.29) is 17.6 Å². The number of benzene rings is 1. The molecule has 1 unspecified atom stereocenters. The molecule has 1 aromatic carbocycles. The molecule has 1 rings (SSSR count). The summed E-state index contributed by atoms with van der Waals surface area (Å²) in [6, 6.07) is 6.45. The van der Waals surface area contributed by atoms with Crippen LogP contribution in [0.4, 0.5) is 0 Å². The molecule has 6 heteroatoms. The van der Waals surface area contributed by atoms with E-state index in [1.807, 2.05) is 32.9 Å². The molecule has 0 aliphatic carbocycles. The van der Waals surface area contributed by atoms with Crippen molar-refractivity contribution in [1.29, 1.82) is 0 Å². The fraction of sp³-hybridized carbons (Fsp3) is 0.533. The minimum absolute atomic E-state index is 0.0640. The Morgan fingerprint density at radius 1 is 1.29 bits per heavy atom. The number of phenols is 1. The van der Waals surface area contributed by atoms with Crippen LogP contribution in [-0.2, 0) is 22.2 Å². The zero-order valence-corrected chi connectivity index (χ0v) is 13.6. The molecular weight excluding hydrogens is 288 g/mol. The Balaban J connectivity index is 2.46. The van der Waals surface area contributed by atoms with Gasteiger partial charge in [0.25, 0.3) is 0 Å². The number of aromatic hydroxyl groups is 1. The lowest BCUT2D eigenvalue weighted by Crippen LogP contribution is -2.48. The van der Waals surface area contributed by atoms with Gasteiger partial charge in [0.15, 0.2) is 0 Å². The van der Waals surface area contributed by atoms with Gasteiger partial charge in [-0.05, 0) is 30.0 Å². The van der Waals surface area contributed by atoms with Gasteiger partial charge in [0.2, 0.25) is 5.91 Å². The highest BCUT2D eigenvalue weighted by atomic mass is 32.2. The third kappa shape index (κ3) is 6.27. The van der Waals surface area contributed by atoms with Crippen LogP contribution in [0.3, 0.4) is 0 Å². The number of phenolic OH excluding ortho intramolecular Hbond substituents is 1. The minimum atomic E-state index is -1.18. The van der Waals surface area contributed by atoms with E-state index in [4.69, 9.17) is 0 Å². The largest absolute Gasteiger partial charge is 0.508 e. The van der Waals surface area contributed by atoms with Gasteiger partial charge in [-0.3, -0.25) is 4.79 Å². The molecule has 1 aromatic rings. The summed E-state index contributed by atoms with van der Waals surface area (Å²) >= 11 is 0. The van der Waals surface area contributed by atoms with Crippen molar-refractivity contribution < 1.29 is 14.1 Å². The maximum atomic E-state index is 12.1. The summed E-state index contributed by atoms with van der Waals surface area (Å²) in [4.78, 5) is 12.1. The number of nitrogens with one attached hydrogen (secondary N) is 2. The summed E-state index contributed by atoms with van der Waals surface area (Å²) in [7, 11) is -1.18. The maximum absolute atomic E-state index is 12.1. The van der Waals surface area contributed by atoms with Gasteiger partial charge < -0.3 is 10.4 Å². The second kappa shape index (κ2) is 8.79. The van der Waals surface area contributed by atoms with Crippen LogP contribution < -0.4 is 10.0 Å². The normalized spacial score (nSPS) is 13.9. The molecule has 0 aliphatic heterocycles. The van der Waals surface area contributed by atoms with Crippen LogP contribution >= 0.6 is 0 Å². The monoisotopic (exact) mass is 312 g/mol. The average molecular weight is 312 g/mol. The Morgan fingerprint density at radius 3 is 2.43 bits per heavy atom. The Labute approximate surface area is 128 Å². The van der Waals surface area contributed by atoms with Crippen molar-refractivity contribution in [3.05, 3.63) is 29.8 Å². The Kier molecular flexibility index (Phi) is 7.39. The second-order valence-electron chi connectivity index (χ2n) is 5.18. The van der Waals surface area contributed by atoms with E-state index in [1.54, 1.807) is 12.1 Å². The van der Waals surface area contributed by atoms with Gasteiger partial charge in [-0.15, -0.1) is 0 Å². The SMILES string of the molecule is CCS(=O)N[C@H](C(=O)NCCc1ccc(O)cc1)C(C)C. The number of hydrogen-bond acceptors (Lipinski definition) is 3. The summed E-state index contributed by atoms with van der Waals surface area (Å²) in [5.74, 6) is 0.637. The second-order valence-corrected chi connectivity index (χ2v) is 6.69. The summed E-state index contributed by atoms with van der Waals surface area (Å²) in [5.41, 5.74) is 1.04. The van der Waals surface area contributed by atoms with Crippen molar-refractivity contribution in [3.63, 3.8) is 0 Å². The van der Waals surface area contributed by atoms with Crippen LogP contribution in [0.5, 0.6) is 5.75 Å². The van der Waals surface area contributed by atoms with E-state index in [9.17, 15) is 14.1 Å². The van der Waals surface area contributed by atoms with Gasteiger partial charge in [-0.25, -0.2) is 8.93 Å². The molecule has 5 nitrogen and oxygen atoms in total. The number of carbonyl (C=O) groups is 1. The van der Waals surface area contributed by atoms with Gasteiger partial charge in [-0.1, -0.05) is 32.9 Å². The van der Waals surface area contributed by atoms with Crippen LogP contribution in [0.1, 0.15) is 26.3 Å². The van der Waals surface area contributed by atoms with E-state index in [1.165, 1.54) is 0 Å². The van der Waals surface area contributed by atoms with E-state index in [2.05, 4.69) is 10.0 Å². The Bertz CT molecular complexity index is 474. The highest BCUT2D eigenvalue weighted by Gasteiger charge is 2.22. The lowest BCUT2D eigenvalue weighted by molar-refractivity contribution is -0.123. The van der Waals surface area contributed by atoms with Crippen LogP contribution in [0.25, 0.3) is 0 Å². The molecule has 1 amide bonds. The Morgan fingerprint density at radius 2 is 1.90 bits per heavy atom. The first-order valence-electron chi connectivity index (χ1n) is 7.14. The molecule has 0 fully saturated rings. The topological polar surface area (TPSA) is 78.4 Å². The summed E-state index contributed by atoms with van der Waals surface area (Å²) in [6.07, 6.45) is 0.688. The quantitative estimate of drug-likeness (QED) is 0.678. The van der Waals surface area contributed by atoms with Crippen LogP contribution in [0.2, 0.25) is 0 Å². The molecule has 0 aliphatic rings. The minimum Gasteiger partial charge on any atom is -0.508 e. The van der Waals surface area contributed by atoms with Gasteiger partial charge in [-0.2, -0.15) is 0 Å². The van der Waals surface area contributed by atoms with E-state index >= 15 is 0 Å². The molecule has 0 saturated heterocycles. The van der Waals surface area contributed by atoms with Crippen LogP contribution in [-0.4, -0.2) is 33.6 Å². The zero-order chi connectivity index (χ0) is 15.8. The van der Waals surface area contributed by atoms with Gasteiger partial charge in [0.05, 0.1) is 11.0 Å². The smallest absolute Gasteiger partial charge is 0.238 e. The third-order valence-electron chi connectivity index (χ3n) is 3.12. The molecule has 2 atom stereocenters. The number of rotatable bonds is 8. The molecule has 0 aromatic heterocycles. The highest BCUT2D eigenvalue weighted by molar-refractivity contribution is 7.83. The average Bonchev–Trinajstić information content (AvgIpc) is 2.46. The van der Waals surface area contributed by atoms with Gasteiger partial charge >= 0.3 is 0 Å². The fourth-order valence-electron chi connectivity index (χ4n) is 1.82.